The Hall–Kier alpha value is -0.180. The number of carbonyl (C=O) groups is 1. The van der Waals surface area contributed by atoms with Gasteiger partial charge >= 0.3 is 0 Å². The van der Waals surface area contributed by atoms with E-state index in [1.165, 1.54) is 32.1 Å². The average molecular weight is 243 g/mol. The number of thiol groups is 1. The van der Waals surface area contributed by atoms with Gasteiger partial charge in [0.05, 0.1) is 5.25 Å². The van der Waals surface area contributed by atoms with Gasteiger partial charge in [0, 0.05) is 12.6 Å². The van der Waals surface area contributed by atoms with Gasteiger partial charge < -0.3 is 4.90 Å². The summed E-state index contributed by atoms with van der Waals surface area (Å²) in [7, 11) is 0. The molecule has 0 radical (unpaired) electrons. The third-order valence-electron chi connectivity index (χ3n) is 3.52. The Labute approximate surface area is 105 Å². The second-order valence-electron chi connectivity index (χ2n) is 5.10. The molecule has 0 aromatic rings. The third kappa shape index (κ3) is 3.41. The monoisotopic (exact) mass is 243 g/mol. The van der Waals surface area contributed by atoms with E-state index < -0.39 is 0 Å². The van der Waals surface area contributed by atoms with E-state index >= 15 is 0 Å². The molecule has 1 aliphatic rings. The Balaban J connectivity index is 2.61. The van der Waals surface area contributed by atoms with E-state index in [4.69, 9.17) is 0 Å². The fraction of sp³-hybridized carbons (Fsp3) is 0.923. The van der Waals surface area contributed by atoms with Crippen LogP contribution in [0.1, 0.15) is 52.9 Å². The lowest BCUT2D eigenvalue weighted by molar-refractivity contribution is -0.134. The van der Waals surface area contributed by atoms with Crippen LogP contribution in [0.25, 0.3) is 0 Å². The van der Waals surface area contributed by atoms with Crippen molar-refractivity contribution in [2.45, 2.75) is 64.2 Å². The van der Waals surface area contributed by atoms with E-state index in [2.05, 4.69) is 38.3 Å². The molecule has 1 amide bonds. The lowest BCUT2D eigenvalue weighted by Gasteiger charge is -2.35. The summed E-state index contributed by atoms with van der Waals surface area (Å²) < 4.78 is 0. The Kier molecular flexibility index (Phi) is 5.67. The molecule has 0 aromatic heterocycles. The summed E-state index contributed by atoms with van der Waals surface area (Å²) in [4.78, 5) is 14.3. The predicted molar refractivity (Wildman–Crippen MR) is 71.9 cm³/mol. The van der Waals surface area contributed by atoms with Gasteiger partial charge in [-0.25, -0.2) is 0 Å². The zero-order valence-electron chi connectivity index (χ0n) is 10.8. The van der Waals surface area contributed by atoms with Crippen LogP contribution in [-0.2, 0) is 4.79 Å². The number of amides is 1. The molecular weight excluding hydrogens is 218 g/mol. The summed E-state index contributed by atoms with van der Waals surface area (Å²) in [6.07, 6.45) is 6.23. The van der Waals surface area contributed by atoms with Crippen LogP contribution >= 0.6 is 12.6 Å². The van der Waals surface area contributed by atoms with Gasteiger partial charge in [-0.15, -0.1) is 0 Å². The van der Waals surface area contributed by atoms with E-state index in [9.17, 15) is 4.79 Å². The first kappa shape index (κ1) is 13.9. The first-order chi connectivity index (χ1) is 7.57. The maximum Gasteiger partial charge on any atom is 0.235 e. The number of hydrogen-bond acceptors (Lipinski definition) is 2. The van der Waals surface area contributed by atoms with Crippen LogP contribution in [-0.4, -0.2) is 28.6 Å². The minimum absolute atomic E-state index is 0.137. The molecule has 94 valence electrons. The molecule has 0 heterocycles. The van der Waals surface area contributed by atoms with Crippen LogP contribution < -0.4 is 0 Å². The molecule has 0 aliphatic heterocycles. The molecule has 1 rings (SSSR count). The summed E-state index contributed by atoms with van der Waals surface area (Å²) in [5, 5.41) is -0.137. The molecule has 3 heteroatoms. The maximum atomic E-state index is 12.3. The zero-order valence-corrected chi connectivity index (χ0v) is 11.7. The zero-order chi connectivity index (χ0) is 12.1. The normalized spacial score (nSPS) is 19.8. The first-order valence-electron chi connectivity index (χ1n) is 6.56. The molecule has 1 unspecified atom stereocenters. The van der Waals surface area contributed by atoms with E-state index in [1.807, 2.05) is 0 Å². The fourth-order valence-corrected chi connectivity index (χ4v) is 2.59. The van der Waals surface area contributed by atoms with E-state index in [0.29, 0.717) is 12.0 Å². The molecule has 1 aliphatic carbocycles. The van der Waals surface area contributed by atoms with Crippen molar-refractivity contribution in [2.75, 3.05) is 6.54 Å². The molecule has 1 fully saturated rings. The van der Waals surface area contributed by atoms with E-state index in [1.54, 1.807) is 0 Å². The van der Waals surface area contributed by atoms with Crippen molar-refractivity contribution in [3.63, 3.8) is 0 Å². The predicted octanol–water partition coefficient (Wildman–Crippen LogP) is 3.12. The van der Waals surface area contributed by atoms with E-state index in [0.717, 1.165) is 6.54 Å². The van der Waals surface area contributed by atoms with Gasteiger partial charge in [0.1, 0.15) is 0 Å². The van der Waals surface area contributed by atoms with Crippen molar-refractivity contribution in [1.29, 1.82) is 0 Å². The van der Waals surface area contributed by atoms with Crippen LogP contribution in [0, 0.1) is 5.92 Å². The van der Waals surface area contributed by atoms with Crippen molar-refractivity contribution >= 4 is 18.5 Å². The lowest BCUT2D eigenvalue weighted by atomic mass is 9.93. The van der Waals surface area contributed by atoms with Crippen LogP contribution in [0.5, 0.6) is 0 Å². The van der Waals surface area contributed by atoms with Gasteiger partial charge in [-0.2, -0.15) is 12.6 Å². The molecule has 2 nitrogen and oxygen atoms in total. The first-order valence-corrected chi connectivity index (χ1v) is 7.08. The molecule has 1 atom stereocenters. The van der Waals surface area contributed by atoms with Gasteiger partial charge in [-0.05, 0) is 25.7 Å². The SMILES string of the molecule is CCN(C(=O)C(S)C(C)C)C1CCCCC1. The highest BCUT2D eigenvalue weighted by atomic mass is 32.1. The van der Waals surface area contributed by atoms with Crippen LogP contribution in [0.3, 0.4) is 0 Å². The number of hydrogen-bond donors (Lipinski definition) is 1. The minimum Gasteiger partial charge on any atom is -0.339 e. The van der Waals surface area contributed by atoms with Crippen molar-refractivity contribution in [3.05, 3.63) is 0 Å². The maximum absolute atomic E-state index is 12.3. The quantitative estimate of drug-likeness (QED) is 0.752. The molecule has 0 bridgehead atoms. The summed E-state index contributed by atoms with van der Waals surface area (Å²) >= 11 is 4.44. The Bertz CT molecular complexity index is 224. The fourth-order valence-electron chi connectivity index (χ4n) is 2.44. The highest BCUT2D eigenvalue weighted by molar-refractivity contribution is 7.81. The van der Waals surface area contributed by atoms with Gasteiger partial charge in [-0.1, -0.05) is 33.1 Å². The van der Waals surface area contributed by atoms with Crippen molar-refractivity contribution < 1.29 is 4.79 Å². The van der Waals surface area contributed by atoms with E-state index in [-0.39, 0.29) is 11.2 Å². The highest BCUT2D eigenvalue weighted by Crippen LogP contribution is 2.24. The number of carbonyl (C=O) groups excluding carboxylic acids is 1. The topological polar surface area (TPSA) is 20.3 Å². The molecule has 0 saturated heterocycles. The van der Waals surface area contributed by atoms with Crippen molar-refractivity contribution in [1.82, 2.24) is 4.90 Å². The number of rotatable bonds is 4. The summed E-state index contributed by atoms with van der Waals surface area (Å²) in [6, 6.07) is 0.472. The standard InChI is InChI=1S/C13H25NOS/c1-4-14(11-8-6-5-7-9-11)13(15)12(16)10(2)3/h10-12,16H,4-9H2,1-3H3. The summed E-state index contributed by atoms with van der Waals surface area (Å²) in [5.41, 5.74) is 0. The van der Waals surface area contributed by atoms with Crippen LogP contribution in [0.15, 0.2) is 0 Å². The molecule has 0 aromatic carbocycles. The molecule has 0 N–H and O–H groups in total. The van der Waals surface area contributed by atoms with Gasteiger partial charge in [0.2, 0.25) is 5.91 Å². The highest BCUT2D eigenvalue weighted by Gasteiger charge is 2.28. The Morgan fingerprint density at radius 3 is 2.31 bits per heavy atom. The smallest absolute Gasteiger partial charge is 0.235 e. The molecule has 16 heavy (non-hydrogen) atoms. The molecule has 1 saturated carbocycles. The lowest BCUT2D eigenvalue weighted by Crippen LogP contribution is -2.46. The van der Waals surface area contributed by atoms with Crippen LogP contribution in [0.2, 0.25) is 0 Å². The average Bonchev–Trinajstić information content (AvgIpc) is 2.30. The minimum atomic E-state index is -0.137. The Morgan fingerprint density at radius 1 is 1.31 bits per heavy atom. The second-order valence-corrected chi connectivity index (χ2v) is 5.66. The van der Waals surface area contributed by atoms with Gasteiger partial charge in [0.15, 0.2) is 0 Å². The molecule has 0 spiro atoms. The van der Waals surface area contributed by atoms with Crippen LogP contribution in [0.4, 0.5) is 0 Å². The van der Waals surface area contributed by atoms with Crippen molar-refractivity contribution in [2.24, 2.45) is 5.92 Å². The third-order valence-corrected chi connectivity index (χ3v) is 4.34. The van der Waals surface area contributed by atoms with Crippen molar-refractivity contribution in [3.8, 4) is 0 Å². The van der Waals surface area contributed by atoms with Gasteiger partial charge in [0.25, 0.3) is 0 Å². The summed E-state index contributed by atoms with van der Waals surface area (Å²) in [6.45, 7) is 7.02. The van der Waals surface area contributed by atoms with Gasteiger partial charge in [-0.3, -0.25) is 4.79 Å². The largest absolute Gasteiger partial charge is 0.339 e. The Morgan fingerprint density at radius 2 is 1.88 bits per heavy atom. The summed E-state index contributed by atoms with van der Waals surface area (Å²) in [5.74, 6) is 0.543. The number of nitrogens with zero attached hydrogens (tertiary/aromatic N) is 1. The second kappa shape index (κ2) is 6.53. The molecular formula is C13H25NOS.